The maximum absolute atomic E-state index is 5.37. The van der Waals surface area contributed by atoms with E-state index in [-0.39, 0.29) is 6.04 Å². The van der Waals surface area contributed by atoms with Crippen molar-refractivity contribution in [2.75, 3.05) is 21.3 Å². The molecule has 2 aromatic rings. The predicted molar refractivity (Wildman–Crippen MR) is 82.0 cm³/mol. The fourth-order valence-electron chi connectivity index (χ4n) is 2.43. The van der Waals surface area contributed by atoms with Gasteiger partial charge in [0.15, 0.2) is 0 Å². The minimum atomic E-state index is -0.0218. The number of benzene rings is 1. The van der Waals surface area contributed by atoms with Crippen LogP contribution in [0.25, 0.3) is 0 Å². The molecular weight excluding hydrogens is 266 g/mol. The number of nitrogens with one attached hydrogen (secondary N) is 1. The van der Waals surface area contributed by atoms with Crippen molar-refractivity contribution in [2.45, 2.75) is 19.9 Å². The Bertz CT molecular complexity index is 629. The number of methoxy groups -OCH3 is 2. The molecule has 0 amide bonds. The maximum atomic E-state index is 5.37. The number of aromatic nitrogens is 2. The molecule has 0 aliphatic rings. The first-order chi connectivity index (χ1) is 10.1. The molecule has 0 saturated carbocycles. The van der Waals surface area contributed by atoms with Crippen LogP contribution < -0.4 is 14.8 Å². The molecular formula is C16H21N3O2. The molecule has 1 aromatic heterocycles. The van der Waals surface area contributed by atoms with Gasteiger partial charge in [0.05, 0.1) is 26.0 Å². The summed E-state index contributed by atoms with van der Waals surface area (Å²) in [7, 11) is 5.20. The lowest BCUT2D eigenvalue weighted by Crippen LogP contribution is -2.20. The predicted octanol–water partition coefficient (Wildman–Crippen LogP) is 2.42. The normalized spacial score (nSPS) is 12.0. The van der Waals surface area contributed by atoms with Gasteiger partial charge in [0.25, 0.3) is 0 Å². The first kappa shape index (κ1) is 15.3. The van der Waals surface area contributed by atoms with Gasteiger partial charge >= 0.3 is 0 Å². The van der Waals surface area contributed by atoms with Gasteiger partial charge < -0.3 is 14.8 Å². The van der Waals surface area contributed by atoms with Crippen molar-refractivity contribution < 1.29 is 9.47 Å². The SMILES string of the molecule is CNC(c1cc(OC)ncn1)c1cc(C)c(OC)cc1C. The Morgan fingerprint density at radius 1 is 1.00 bits per heavy atom. The molecule has 5 nitrogen and oxygen atoms in total. The van der Waals surface area contributed by atoms with E-state index in [4.69, 9.17) is 9.47 Å². The lowest BCUT2D eigenvalue weighted by atomic mass is 9.96. The Labute approximate surface area is 125 Å². The van der Waals surface area contributed by atoms with E-state index < -0.39 is 0 Å². The largest absolute Gasteiger partial charge is 0.496 e. The third-order valence-electron chi connectivity index (χ3n) is 3.55. The van der Waals surface area contributed by atoms with Crippen LogP contribution in [0.4, 0.5) is 0 Å². The lowest BCUT2D eigenvalue weighted by molar-refractivity contribution is 0.395. The third-order valence-corrected chi connectivity index (χ3v) is 3.55. The number of rotatable bonds is 5. The van der Waals surface area contributed by atoms with Crippen LogP contribution in [0.3, 0.4) is 0 Å². The van der Waals surface area contributed by atoms with Gasteiger partial charge in [-0.1, -0.05) is 6.07 Å². The second-order valence-corrected chi connectivity index (χ2v) is 4.89. The molecule has 21 heavy (non-hydrogen) atoms. The fourth-order valence-corrected chi connectivity index (χ4v) is 2.43. The summed E-state index contributed by atoms with van der Waals surface area (Å²) >= 11 is 0. The third kappa shape index (κ3) is 3.13. The smallest absolute Gasteiger partial charge is 0.216 e. The quantitative estimate of drug-likeness (QED) is 0.915. The first-order valence-corrected chi connectivity index (χ1v) is 6.79. The molecule has 0 spiro atoms. The van der Waals surface area contributed by atoms with Crippen LogP contribution in [-0.4, -0.2) is 31.2 Å². The van der Waals surface area contributed by atoms with Crippen LogP contribution in [0.2, 0.25) is 0 Å². The highest BCUT2D eigenvalue weighted by Crippen LogP contribution is 2.29. The summed E-state index contributed by atoms with van der Waals surface area (Å²) in [6.45, 7) is 4.11. The highest BCUT2D eigenvalue weighted by Gasteiger charge is 2.18. The van der Waals surface area contributed by atoms with Gasteiger partial charge in [0.2, 0.25) is 5.88 Å². The number of aryl methyl sites for hydroxylation is 2. The molecule has 0 aliphatic carbocycles. The van der Waals surface area contributed by atoms with Crippen molar-refractivity contribution >= 4 is 0 Å². The summed E-state index contributed by atoms with van der Waals surface area (Å²) in [5, 5.41) is 3.30. The second-order valence-electron chi connectivity index (χ2n) is 4.89. The average Bonchev–Trinajstić information content (AvgIpc) is 2.51. The Hall–Kier alpha value is -2.14. The second kappa shape index (κ2) is 6.54. The topological polar surface area (TPSA) is 56.3 Å². The van der Waals surface area contributed by atoms with E-state index in [0.29, 0.717) is 5.88 Å². The molecule has 0 aliphatic heterocycles. The minimum Gasteiger partial charge on any atom is -0.496 e. The van der Waals surface area contributed by atoms with E-state index >= 15 is 0 Å². The minimum absolute atomic E-state index is 0.0218. The van der Waals surface area contributed by atoms with Crippen molar-refractivity contribution in [1.82, 2.24) is 15.3 Å². The van der Waals surface area contributed by atoms with E-state index in [1.165, 1.54) is 6.33 Å². The Morgan fingerprint density at radius 2 is 1.76 bits per heavy atom. The van der Waals surface area contributed by atoms with Crippen LogP contribution in [-0.2, 0) is 0 Å². The molecule has 2 rings (SSSR count). The molecule has 0 radical (unpaired) electrons. The molecule has 0 fully saturated rings. The van der Waals surface area contributed by atoms with Gasteiger partial charge in [-0.15, -0.1) is 0 Å². The molecule has 0 bridgehead atoms. The van der Waals surface area contributed by atoms with E-state index in [1.807, 2.05) is 26.1 Å². The zero-order valence-corrected chi connectivity index (χ0v) is 13.1. The van der Waals surface area contributed by atoms with Crippen molar-refractivity contribution in [1.29, 1.82) is 0 Å². The molecule has 1 unspecified atom stereocenters. The number of hydrogen-bond acceptors (Lipinski definition) is 5. The summed E-state index contributed by atoms with van der Waals surface area (Å²) in [5.74, 6) is 1.45. The van der Waals surface area contributed by atoms with Crippen LogP contribution in [0.15, 0.2) is 24.5 Å². The van der Waals surface area contributed by atoms with E-state index in [9.17, 15) is 0 Å². The van der Waals surface area contributed by atoms with E-state index in [1.54, 1.807) is 14.2 Å². The summed E-state index contributed by atoms with van der Waals surface area (Å²) in [4.78, 5) is 8.42. The van der Waals surface area contributed by atoms with E-state index in [0.717, 1.165) is 28.1 Å². The van der Waals surface area contributed by atoms with Crippen LogP contribution in [0.1, 0.15) is 28.4 Å². The van der Waals surface area contributed by atoms with Gasteiger partial charge in [-0.25, -0.2) is 9.97 Å². The molecule has 1 heterocycles. The van der Waals surface area contributed by atoms with Gasteiger partial charge in [0, 0.05) is 6.07 Å². The summed E-state index contributed by atoms with van der Waals surface area (Å²) in [5.41, 5.74) is 4.28. The molecule has 1 aromatic carbocycles. The number of ether oxygens (including phenoxy) is 2. The fraction of sp³-hybridized carbons (Fsp3) is 0.375. The average molecular weight is 287 g/mol. The molecule has 0 saturated heterocycles. The van der Waals surface area contributed by atoms with Crippen molar-refractivity contribution in [3.05, 3.63) is 46.9 Å². The van der Waals surface area contributed by atoms with Crippen LogP contribution >= 0.6 is 0 Å². The Kier molecular flexibility index (Phi) is 4.75. The number of hydrogen-bond donors (Lipinski definition) is 1. The van der Waals surface area contributed by atoms with Crippen molar-refractivity contribution in [3.63, 3.8) is 0 Å². The molecule has 1 N–H and O–H groups in total. The van der Waals surface area contributed by atoms with Gasteiger partial charge in [-0.3, -0.25) is 0 Å². The van der Waals surface area contributed by atoms with Crippen molar-refractivity contribution in [3.8, 4) is 11.6 Å². The molecule has 1 atom stereocenters. The van der Waals surface area contributed by atoms with Gasteiger partial charge in [-0.05, 0) is 43.7 Å². The monoisotopic (exact) mass is 287 g/mol. The highest BCUT2D eigenvalue weighted by atomic mass is 16.5. The van der Waals surface area contributed by atoms with Gasteiger partial charge in [0.1, 0.15) is 12.1 Å². The van der Waals surface area contributed by atoms with Crippen LogP contribution in [0.5, 0.6) is 11.6 Å². The zero-order valence-electron chi connectivity index (χ0n) is 13.1. The van der Waals surface area contributed by atoms with Gasteiger partial charge in [-0.2, -0.15) is 0 Å². The Morgan fingerprint density at radius 3 is 2.38 bits per heavy atom. The summed E-state index contributed by atoms with van der Waals surface area (Å²) in [6, 6.07) is 6.00. The standard InChI is InChI=1S/C16H21N3O2/c1-10-7-14(20-4)11(2)6-12(10)16(17-3)13-8-15(21-5)19-9-18-13/h6-9,16-17H,1-5H3. The Balaban J connectivity index is 2.48. The van der Waals surface area contributed by atoms with E-state index in [2.05, 4.69) is 28.3 Å². The molecule has 5 heteroatoms. The zero-order chi connectivity index (χ0) is 15.4. The summed E-state index contributed by atoms with van der Waals surface area (Å²) < 4.78 is 10.5. The summed E-state index contributed by atoms with van der Waals surface area (Å²) in [6.07, 6.45) is 1.52. The lowest BCUT2D eigenvalue weighted by Gasteiger charge is -2.20. The van der Waals surface area contributed by atoms with Crippen molar-refractivity contribution in [2.24, 2.45) is 0 Å². The molecule has 112 valence electrons. The highest BCUT2D eigenvalue weighted by molar-refractivity contribution is 5.45. The number of nitrogens with zero attached hydrogens (tertiary/aromatic N) is 2. The maximum Gasteiger partial charge on any atom is 0.216 e. The first-order valence-electron chi connectivity index (χ1n) is 6.79. The van der Waals surface area contributed by atoms with Crippen LogP contribution in [0, 0.1) is 13.8 Å².